The van der Waals surface area contributed by atoms with Gasteiger partial charge in [-0.25, -0.2) is 0 Å². The summed E-state index contributed by atoms with van der Waals surface area (Å²) in [6.07, 6.45) is 0.901. The van der Waals surface area contributed by atoms with Crippen molar-refractivity contribution in [3.05, 3.63) is 58.6 Å². The highest BCUT2D eigenvalue weighted by atomic mass is 35.5. The molecule has 2 aromatic rings. The number of benzene rings is 2. The van der Waals surface area contributed by atoms with Gasteiger partial charge in [0.25, 0.3) is 0 Å². The third-order valence-electron chi connectivity index (χ3n) is 3.16. The molecule has 0 saturated heterocycles. The molecule has 0 aliphatic carbocycles. The average molecular weight is 261 g/mol. The first kappa shape index (κ1) is 11.4. The summed E-state index contributed by atoms with van der Waals surface area (Å²) in [5.41, 5.74) is 2.29. The summed E-state index contributed by atoms with van der Waals surface area (Å²) in [4.78, 5) is 0. The number of hydrogen-bond acceptors (Lipinski definition) is 2. The Hall–Kier alpha value is -1.67. The van der Waals surface area contributed by atoms with E-state index in [4.69, 9.17) is 21.1 Å². The van der Waals surface area contributed by atoms with Crippen molar-refractivity contribution in [1.82, 2.24) is 0 Å². The molecule has 18 heavy (non-hydrogen) atoms. The van der Waals surface area contributed by atoms with Gasteiger partial charge < -0.3 is 9.47 Å². The zero-order chi connectivity index (χ0) is 12.5. The number of ether oxygens (including phenoxy) is 2. The van der Waals surface area contributed by atoms with Crippen LogP contribution in [0, 0.1) is 0 Å². The molecule has 2 aromatic carbocycles. The number of halogens is 1. The summed E-state index contributed by atoms with van der Waals surface area (Å²) >= 11 is 6.01. The number of fused-ring (bicyclic) bond motifs is 1. The van der Waals surface area contributed by atoms with E-state index >= 15 is 0 Å². The van der Waals surface area contributed by atoms with E-state index in [0.29, 0.717) is 0 Å². The van der Waals surface area contributed by atoms with Gasteiger partial charge in [0.1, 0.15) is 17.6 Å². The monoisotopic (exact) mass is 260 g/mol. The first-order valence-electron chi connectivity index (χ1n) is 5.85. The molecule has 0 aromatic heterocycles. The summed E-state index contributed by atoms with van der Waals surface area (Å²) in [6, 6.07) is 13.7. The van der Waals surface area contributed by atoms with Crippen LogP contribution in [0.4, 0.5) is 0 Å². The van der Waals surface area contributed by atoms with E-state index in [0.717, 1.165) is 28.5 Å². The first-order valence-corrected chi connectivity index (χ1v) is 6.23. The first-order chi connectivity index (χ1) is 8.76. The summed E-state index contributed by atoms with van der Waals surface area (Å²) in [5, 5.41) is 0.740. The van der Waals surface area contributed by atoms with Crippen LogP contribution in [0.15, 0.2) is 42.5 Å². The maximum absolute atomic E-state index is 6.01. The SMILES string of the molecule is COc1ccc2c(c1)CC(c1cccc(Cl)c1)O2. The second-order valence-corrected chi connectivity index (χ2v) is 4.78. The lowest BCUT2D eigenvalue weighted by molar-refractivity contribution is 0.238. The van der Waals surface area contributed by atoms with Gasteiger partial charge in [-0.3, -0.25) is 0 Å². The molecule has 1 atom stereocenters. The zero-order valence-corrected chi connectivity index (χ0v) is 10.8. The van der Waals surface area contributed by atoms with Crippen LogP contribution in [0.25, 0.3) is 0 Å². The minimum atomic E-state index is 0.0470. The van der Waals surface area contributed by atoms with Crippen molar-refractivity contribution in [3.63, 3.8) is 0 Å². The van der Waals surface area contributed by atoms with Crippen LogP contribution < -0.4 is 9.47 Å². The maximum atomic E-state index is 6.01. The largest absolute Gasteiger partial charge is 0.497 e. The van der Waals surface area contributed by atoms with Gasteiger partial charge in [0.15, 0.2) is 0 Å². The Kier molecular flexibility index (Phi) is 2.88. The fourth-order valence-corrected chi connectivity index (χ4v) is 2.44. The van der Waals surface area contributed by atoms with Crippen LogP contribution in [-0.2, 0) is 6.42 Å². The summed E-state index contributed by atoms with van der Waals surface area (Å²) in [7, 11) is 1.67. The van der Waals surface area contributed by atoms with Crippen LogP contribution in [0.1, 0.15) is 17.2 Å². The van der Waals surface area contributed by atoms with Crippen molar-refractivity contribution in [3.8, 4) is 11.5 Å². The zero-order valence-electron chi connectivity index (χ0n) is 10.0. The Morgan fingerprint density at radius 3 is 2.89 bits per heavy atom. The molecule has 0 amide bonds. The molecule has 0 saturated carbocycles. The fraction of sp³-hybridized carbons (Fsp3) is 0.200. The minimum absolute atomic E-state index is 0.0470. The molecule has 92 valence electrons. The Labute approximate surface area is 111 Å². The molecule has 0 N–H and O–H groups in total. The average Bonchev–Trinajstić information content (AvgIpc) is 2.81. The van der Waals surface area contributed by atoms with Gasteiger partial charge in [0.05, 0.1) is 7.11 Å². The molecular formula is C15H13ClO2. The van der Waals surface area contributed by atoms with Crippen LogP contribution >= 0.6 is 11.6 Å². The molecule has 1 heterocycles. The lowest BCUT2D eigenvalue weighted by atomic mass is 10.0. The number of hydrogen-bond donors (Lipinski definition) is 0. The molecule has 1 aliphatic rings. The van der Waals surface area contributed by atoms with Crippen LogP contribution in [0.3, 0.4) is 0 Å². The van der Waals surface area contributed by atoms with E-state index in [2.05, 4.69) is 0 Å². The normalized spacial score (nSPS) is 17.1. The quantitative estimate of drug-likeness (QED) is 0.812. The topological polar surface area (TPSA) is 18.5 Å². The van der Waals surface area contributed by atoms with Crippen molar-refractivity contribution in [2.45, 2.75) is 12.5 Å². The molecule has 0 bridgehead atoms. The molecule has 2 nitrogen and oxygen atoms in total. The molecular weight excluding hydrogens is 248 g/mol. The van der Waals surface area contributed by atoms with Crippen LogP contribution in [0.2, 0.25) is 5.02 Å². The highest BCUT2D eigenvalue weighted by Crippen LogP contribution is 2.38. The highest BCUT2D eigenvalue weighted by molar-refractivity contribution is 6.30. The van der Waals surface area contributed by atoms with Gasteiger partial charge in [-0.2, -0.15) is 0 Å². The Morgan fingerprint density at radius 2 is 2.11 bits per heavy atom. The van der Waals surface area contributed by atoms with Crippen molar-refractivity contribution in [2.75, 3.05) is 7.11 Å². The molecule has 0 radical (unpaired) electrons. The molecule has 1 unspecified atom stereocenters. The summed E-state index contributed by atoms with van der Waals surface area (Å²) < 4.78 is 11.2. The Morgan fingerprint density at radius 1 is 1.22 bits per heavy atom. The lowest BCUT2D eigenvalue weighted by Gasteiger charge is -2.10. The minimum Gasteiger partial charge on any atom is -0.497 e. The standard InChI is InChI=1S/C15H13ClO2/c1-17-13-5-6-14-11(8-13)9-15(18-14)10-3-2-4-12(16)7-10/h2-8,15H,9H2,1H3. The molecule has 0 spiro atoms. The third-order valence-corrected chi connectivity index (χ3v) is 3.40. The van der Waals surface area contributed by atoms with Crippen LogP contribution in [-0.4, -0.2) is 7.11 Å². The Bertz CT molecular complexity index is 580. The molecule has 3 heteroatoms. The highest BCUT2D eigenvalue weighted by Gasteiger charge is 2.24. The number of rotatable bonds is 2. The van der Waals surface area contributed by atoms with Crippen molar-refractivity contribution >= 4 is 11.6 Å². The fourth-order valence-electron chi connectivity index (χ4n) is 2.24. The second kappa shape index (κ2) is 4.54. The molecule has 0 fully saturated rings. The van der Waals surface area contributed by atoms with Gasteiger partial charge >= 0.3 is 0 Å². The number of methoxy groups -OCH3 is 1. The van der Waals surface area contributed by atoms with Crippen molar-refractivity contribution in [1.29, 1.82) is 0 Å². The van der Waals surface area contributed by atoms with Gasteiger partial charge in [-0.15, -0.1) is 0 Å². The lowest BCUT2D eigenvalue weighted by Crippen LogP contribution is -2.02. The smallest absolute Gasteiger partial charge is 0.128 e. The van der Waals surface area contributed by atoms with E-state index < -0.39 is 0 Å². The predicted molar refractivity (Wildman–Crippen MR) is 71.5 cm³/mol. The summed E-state index contributed by atoms with van der Waals surface area (Å²) in [5.74, 6) is 1.80. The van der Waals surface area contributed by atoms with E-state index in [-0.39, 0.29) is 6.10 Å². The van der Waals surface area contributed by atoms with E-state index in [1.165, 1.54) is 5.56 Å². The third kappa shape index (κ3) is 2.04. The maximum Gasteiger partial charge on any atom is 0.128 e. The van der Waals surface area contributed by atoms with Gasteiger partial charge in [-0.05, 0) is 35.9 Å². The molecule has 3 rings (SSSR count). The van der Waals surface area contributed by atoms with Gasteiger partial charge in [-0.1, -0.05) is 23.7 Å². The van der Waals surface area contributed by atoms with E-state index in [9.17, 15) is 0 Å². The van der Waals surface area contributed by atoms with E-state index in [1.54, 1.807) is 7.11 Å². The molecule has 1 aliphatic heterocycles. The predicted octanol–water partition coefficient (Wildman–Crippen LogP) is 4.02. The Balaban J connectivity index is 1.88. The van der Waals surface area contributed by atoms with E-state index in [1.807, 2.05) is 42.5 Å². The summed E-state index contributed by atoms with van der Waals surface area (Å²) in [6.45, 7) is 0. The van der Waals surface area contributed by atoms with Crippen molar-refractivity contribution < 1.29 is 9.47 Å². The van der Waals surface area contributed by atoms with Gasteiger partial charge in [0.2, 0.25) is 0 Å². The van der Waals surface area contributed by atoms with Crippen molar-refractivity contribution in [2.24, 2.45) is 0 Å². The van der Waals surface area contributed by atoms with Gasteiger partial charge in [0, 0.05) is 17.0 Å². The van der Waals surface area contributed by atoms with Crippen LogP contribution in [0.5, 0.6) is 11.5 Å². The second-order valence-electron chi connectivity index (χ2n) is 4.34.